The Morgan fingerprint density at radius 1 is 0.974 bits per heavy atom. The fraction of sp³-hybridized carbons (Fsp3) is 0.481. The number of benzene rings is 2. The second-order valence-corrected chi connectivity index (χ2v) is 10.6. The van der Waals surface area contributed by atoms with E-state index in [-0.39, 0.29) is 18.4 Å². The highest BCUT2D eigenvalue weighted by molar-refractivity contribution is 5.84. The van der Waals surface area contributed by atoms with E-state index in [2.05, 4.69) is 0 Å². The van der Waals surface area contributed by atoms with E-state index in [4.69, 9.17) is 5.73 Å². The Bertz CT molecular complexity index is 1220. The van der Waals surface area contributed by atoms with Gasteiger partial charge in [-0.15, -0.1) is 0 Å². The molecule has 1 aliphatic rings. The molecule has 2 aromatic carbocycles. The second kappa shape index (κ2) is 10.1. The molecule has 3 atom stereocenters. The van der Waals surface area contributed by atoms with Crippen molar-refractivity contribution in [3.05, 3.63) is 59.7 Å². The van der Waals surface area contributed by atoms with Gasteiger partial charge in [0, 0.05) is 6.42 Å². The number of rotatable bonds is 8. The van der Waals surface area contributed by atoms with E-state index < -0.39 is 59.1 Å². The Labute approximate surface area is 221 Å². The summed E-state index contributed by atoms with van der Waals surface area (Å²) in [7, 11) is 0. The molecule has 1 amide bonds. The van der Waals surface area contributed by atoms with Crippen LogP contribution in [0.25, 0.3) is 11.1 Å². The van der Waals surface area contributed by atoms with Gasteiger partial charge in [0.05, 0.1) is 12.1 Å². The number of aliphatic hydroxyl groups is 1. The van der Waals surface area contributed by atoms with Crippen molar-refractivity contribution in [3.63, 3.8) is 0 Å². The minimum atomic E-state index is -5.01. The lowest BCUT2D eigenvalue weighted by atomic mass is 9.92. The zero-order chi connectivity index (χ0) is 29.6. The van der Waals surface area contributed by atoms with Crippen LogP contribution in [0.5, 0.6) is 0 Å². The van der Waals surface area contributed by atoms with Gasteiger partial charge in [-0.2, -0.15) is 31.6 Å². The van der Waals surface area contributed by atoms with Crippen LogP contribution in [-0.2, 0) is 10.4 Å². The fourth-order valence-electron chi connectivity index (χ4n) is 4.39. The zero-order valence-corrected chi connectivity index (χ0v) is 21.4. The minimum absolute atomic E-state index is 0.000305. The van der Waals surface area contributed by atoms with Gasteiger partial charge >= 0.3 is 12.4 Å². The first-order valence-electron chi connectivity index (χ1n) is 12.0. The van der Waals surface area contributed by atoms with Crippen LogP contribution in [0.1, 0.15) is 57.2 Å². The molecule has 212 valence electrons. The highest BCUT2D eigenvalue weighted by Crippen LogP contribution is 2.50. The maximum Gasteiger partial charge on any atom is 0.421 e. The van der Waals surface area contributed by atoms with Crippen LogP contribution in [0.2, 0.25) is 0 Å². The van der Waals surface area contributed by atoms with E-state index in [1.54, 1.807) is 6.07 Å². The van der Waals surface area contributed by atoms with E-state index in [0.717, 1.165) is 38.1 Å². The van der Waals surface area contributed by atoms with Gasteiger partial charge in [-0.25, -0.2) is 4.39 Å². The lowest BCUT2D eigenvalue weighted by Gasteiger charge is -2.38. The molecule has 0 aromatic heterocycles. The lowest BCUT2D eigenvalue weighted by molar-refractivity contribution is -0.258. The van der Waals surface area contributed by atoms with E-state index in [9.17, 15) is 45.9 Å². The normalized spacial score (nSPS) is 18.4. The van der Waals surface area contributed by atoms with Crippen molar-refractivity contribution in [1.29, 1.82) is 5.26 Å². The molecule has 0 radical (unpaired) electrons. The summed E-state index contributed by atoms with van der Waals surface area (Å²) in [5, 5.41) is 19.5. The van der Waals surface area contributed by atoms with Gasteiger partial charge in [0.25, 0.3) is 0 Å². The summed E-state index contributed by atoms with van der Waals surface area (Å²) in [6.45, 7) is 2.88. The molecular formula is C27H28F7N3O2. The standard InChI is InChI=1S/C27H28F7N3O2/c1-23(2,28)14-20(36)22(38)37(25(15-35)12-13-25)21(26(29,30)31)18-6-4-16(5-7-18)17-8-10-19(11-9-17)24(3,39)27(32,33)34/h4-11,20-21,39H,12-14,36H2,1-3H3/t20-,21-,24?/m0/s1. The predicted octanol–water partition coefficient (Wildman–Crippen LogP) is 6.08. The van der Waals surface area contributed by atoms with Crippen molar-refractivity contribution >= 4 is 5.91 Å². The Morgan fingerprint density at radius 3 is 1.79 bits per heavy atom. The molecule has 39 heavy (non-hydrogen) atoms. The summed E-state index contributed by atoms with van der Waals surface area (Å²) in [6.07, 6.45) is -10.5. The molecule has 0 spiro atoms. The predicted molar refractivity (Wildman–Crippen MR) is 129 cm³/mol. The first kappa shape index (κ1) is 30.4. The summed E-state index contributed by atoms with van der Waals surface area (Å²) < 4.78 is 96.9. The molecule has 0 heterocycles. The van der Waals surface area contributed by atoms with Crippen molar-refractivity contribution in [2.75, 3.05) is 0 Å². The molecule has 1 fully saturated rings. The van der Waals surface area contributed by atoms with Gasteiger partial charge in [0.1, 0.15) is 11.2 Å². The number of hydrogen-bond acceptors (Lipinski definition) is 4. The quantitative estimate of drug-likeness (QED) is 0.384. The van der Waals surface area contributed by atoms with Crippen LogP contribution in [0.15, 0.2) is 48.5 Å². The number of nitrogens with zero attached hydrogens (tertiary/aromatic N) is 2. The number of nitriles is 1. The molecule has 0 aliphatic heterocycles. The summed E-state index contributed by atoms with van der Waals surface area (Å²) in [5.74, 6) is -1.20. The molecule has 1 unspecified atom stereocenters. The third-order valence-corrected chi connectivity index (χ3v) is 6.78. The topological polar surface area (TPSA) is 90.3 Å². The monoisotopic (exact) mass is 559 g/mol. The van der Waals surface area contributed by atoms with Crippen LogP contribution in [0.3, 0.4) is 0 Å². The second-order valence-electron chi connectivity index (χ2n) is 10.6. The third kappa shape index (κ3) is 6.36. The SMILES string of the molecule is CC(C)(F)C[C@H](N)C(=O)N([C@@H](c1ccc(-c2ccc(C(C)(O)C(F)(F)F)cc2)cc1)C(F)(F)F)C1(C#N)CC1. The van der Waals surface area contributed by atoms with Crippen LogP contribution >= 0.6 is 0 Å². The van der Waals surface area contributed by atoms with Gasteiger partial charge in [0.2, 0.25) is 5.91 Å². The van der Waals surface area contributed by atoms with Crippen molar-refractivity contribution in [1.82, 2.24) is 4.90 Å². The first-order chi connectivity index (χ1) is 17.7. The largest absolute Gasteiger partial charge is 0.421 e. The van der Waals surface area contributed by atoms with Crippen LogP contribution in [-0.4, -0.2) is 45.5 Å². The van der Waals surface area contributed by atoms with Gasteiger partial charge in [-0.1, -0.05) is 48.5 Å². The van der Waals surface area contributed by atoms with Crippen molar-refractivity contribution in [3.8, 4) is 17.2 Å². The molecule has 0 saturated heterocycles. The van der Waals surface area contributed by atoms with Crippen LogP contribution in [0, 0.1) is 11.3 Å². The Kier molecular flexibility index (Phi) is 7.86. The zero-order valence-electron chi connectivity index (χ0n) is 21.4. The molecule has 3 N–H and O–H groups in total. The van der Waals surface area contributed by atoms with E-state index in [1.165, 1.54) is 24.3 Å². The number of hydrogen-bond donors (Lipinski definition) is 2. The summed E-state index contributed by atoms with van der Waals surface area (Å²) in [5.41, 5.74) is -1.03. The third-order valence-electron chi connectivity index (χ3n) is 6.78. The summed E-state index contributed by atoms with van der Waals surface area (Å²) in [4.78, 5) is 13.6. The van der Waals surface area contributed by atoms with E-state index in [1.807, 2.05) is 0 Å². The first-order valence-corrected chi connectivity index (χ1v) is 12.0. The average Bonchev–Trinajstić information content (AvgIpc) is 3.61. The highest BCUT2D eigenvalue weighted by atomic mass is 19.4. The van der Waals surface area contributed by atoms with E-state index >= 15 is 0 Å². The maximum atomic E-state index is 14.5. The number of nitrogens with two attached hydrogens (primary N) is 1. The Hall–Kier alpha value is -3.17. The van der Waals surface area contributed by atoms with Crippen LogP contribution in [0.4, 0.5) is 30.7 Å². The van der Waals surface area contributed by atoms with Gasteiger partial charge in [-0.3, -0.25) is 4.79 Å². The maximum absolute atomic E-state index is 14.5. The molecule has 5 nitrogen and oxygen atoms in total. The molecule has 12 heteroatoms. The van der Waals surface area contributed by atoms with Gasteiger partial charge in [0.15, 0.2) is 11.6 Å². The smallest absolute Gasteiger partial charge is 0.376 e. The average molecular weight is 560 g/mol. The molecule has 1 saturated carbocycles. The Morgan fingerprint density at radius 2 is 1.44 bits per heavy atom. The fourth-order valence-corrected chi connectivity index (χ4v) is 4.39. The van der Waals surface area contributed by atoms with E-state index in [0.29, 0.717) is 23.0 Å². The van der Waals surface area contributed by atoms with Gasteiger partial charge < -0.3 is 15.7 Å². The summed E-state index contributed by atoms with van der Waals surface area (Å²) in [6, 6.07) is 7.13. The van der Waals surface area contributed by atoms with Crippen LogP contribution < -0.4 is 5.73 Å². The molecule has 2 aromatic rings. The highest BCUT2D eigenvalue weighted by Gasteiger charge is 2.60. The Balaban J connectivity index is 1.98. The number of alkyl halides is 7. The molecule has 0 bridgehead atoms. The molecule has 1 aliphatic carbocycles. The van der Waals surface area contributed by atoms with Crippen molar-refractivity contribution in [2.45, 2.75) is 81.3 Å². The summed E-state index contributed by atoms with van der Waals surface area (Å²) >= 11 is 0. The number of halogens is 7. The number of amides is 1. The van der Waals surface area contributed by atoms with Crippen molar-refractivity contribution in [2.24, 2.45) is 5.73 Å². The minimum Gasteiger partial charge on any atom is -0.376 e. The van der Waals surface area contributed by atoms with Gasteiger partial charge in [-0.05, 0) is 55.9 Å². The molecule has 3 rings (SSSR count). The lowest BCUT2D eigenvalue weighted by Crippen LogP contribution is -2.55. The number of carbonyl (C=O) groups is 1. The number of carbonyl (C=O) groups excluding carboxylic acids is 1. The van der Waals surface area contributed by atoms with Crippen molar-refractivity contribution < 1.29 is 40.6 Å². The molecular weight excluding hydrogens is 531 g/mol.